The monoisotopic (exact) mass is 574 g/mol. The molecule has 10 heteroatoms. The highest BCUT2D eigenvalue weighted by Crippen LogP contribution is 2.34. The largest absolute Gasteiger partial charge is 0.493 e. The zero-order valence-corrected chi connectivity index (χ0v) is 23.8. The minimum atomic E-state index is -0.934. The van der Waals surface area contributed by atoms with E-state index in [0.29, 0.717) is 35.6 Å². The fourth-order valence-corrected chi connectivity index (χ4v) is 4.35. The van der Waals surface area contributed by atoms with E-state index in [0.717, 1.165) is 16.8 Å². The number of carbonyl (C=O) groups excluding carboxylic acids is 2. The summed E-state index contributed by atoms with van der Waals surface area (Å²) in [4.78, 5) is 40.2. The Kier molecular flexibility index (Phi) is 9.49. The number of amides is 1. The van der Waals surface area contributed by atoms with Gasteiger partial charge in [-0.25, -0.2) is 0 Å². The first kappa shape index (κ1) is 29.8. The van der Waals surface area contributed by atoms with Crippen molar-refractivity contribution in [2.75, 3.05) is 38.7 Å². The van der Waals surface area contributed by atoms with Crippen molar-refractivity contribution in [3.8, 4) is 5.75 Å². The molecular formula is C27H35BrN4O5. The van der Waals surface area contributed by atoms with Crippen LogP contribution in [-0.4, -0.2) is 67.3 Å². The molecule has 1 heterocycles. The number of aliphatic carboxylic acids is 1. The van der Waals surface area contributed by atoms with Gasteiger partial charge in [-0.05, 0) is 53.8 Å². The number of carbonyl (C=O) groups is 3. The molecule has 9 nitrogen and oxygen atoms in total. The number of anilines is 1. The lowest BCUT2D eigenvalue weighted by Gasteiger charge is -2.28. The van der Waals surface area contributed by atoms with Crippen LogP contribution >= 0.6 is 17.0 Å². The molecular weight excluding hydrogens is 540 g/mol. The second-order valence-corrected chi connectivity index (χ2v) is 9.88. The second-order valence-electron chi connectivity index (χ2n) is 9.88. The Labute approximate surface area is 228 Å². The molecule has 0 bridgehead atoms. The number of Topliss-reactive ketones (excluding diaryl/α,β-unsaturated/α-hetero) is 1. The zero-order valence-electron chi connectivity index (χ0n) is 22.1. The number of likely N-dealkylation sites (N-methyl/N-ethyl adjacent to an activating group) is 1. The lowest BCUT2D eigenvalue weighted by molar-refractivity contribution is -0.135. The molecule has 200 valence electrons. The summed E-state index contributed by atoms with van der Waals surface area (Å²) in [6.07, 6.45) is 0. The molecule has 2 aromatic rings. The number of rotatable bonds is 9. The van der Waals surface area contributed by atoms with E-state index in [2.05, 4.69) is 5.32 Å². The van der Waals surface area contributed by atoms with Crippen LogP contribution < -0.4 is 15.0 Å². The first-order valence-electron chi connectivity index (χ1n) is 11.8. The number of hydrogen-bond acceptors (Lipinski definition) is 6. The zero-order chi connectivity index (χ0) is 26.8. The summed E-state index contributed by atoms with van der Waals surface area (Å²) in [5, 5.41) is 20.4. The number of halogens is 1. The van der Waals surface area contributed by atoms with Crippen LogP contribution in [0.3, 0.4) is 0 Å². The molecule has 0 aromatic heterocycles. The van der Waals surface area contributed by atoms with Crippen molar-refractivity contribution in [3.05, 3.63) is 58.1 Å². The van der Waals surface area contributed by atoms with Gasteiger partial charge in [-0.15, -0.1) is 17.0 Å². The molecule has 3 N–H and O–H groups in total. The molecule has 1 aliphatic rings. The number of carboxylic acids is 1. The summed E-state index contributed by atoms with van der Waals surface area (Å²) in [5.41, 5.74) is 3.59. The van der Waals surface area contributed by atoms with Gasteiger partial charge in [0, 0.05) is 37.5 Å². The van der Waals surface area contributed by atoms with Gasteiger partial charge in [-0.2, -0.15) is 0 Å². The number of carboxylic acid groups (broad SMARTS) is 1. The summed E-state index contributed by atoms with van der Waals surface area (Å²) in [5.74, 6) is -0.752. The van der Waals surface area contributed by atoms with E-state index in [1.54, 1.807) is 41.1 Å². The maximum absolute atomic E-state index is 13.3. The standard InChI is InChI=1S/C27H34N4O5.BrH/c1-7-36-23-11-17-13-31(25(28)18(17)12-19(23)26(35)29-5)14-22(32)16-8-9-21(30(6)15-24(33)34)20(10-16)27(2,3)4;/h8-12,28H,7,13-15H2,1-6H3,(H,29,35)(H,33,34);1H. The number of ether oxygens (including phenoxy) is 1. The van der Waals surface area contributed by atoms with Crippen LogP contribution in [0, 0.1) is 5.41 Å². The van der Waals surface area contributed by atoms with Gasteiger partial charge >= 0.3 is 5.97 Å². The lowest BCUT2D eigenvalue weighted by Crippen LogP contribution is -2.31. The van der Waals surface area contributed by atoms with Gasteiger partial charge in [0.05, 0.1) is 18.7 Å². The average Bonchev–Trinajstić information content (AvgIpc) is 3.10. The Bertz CT molecular complexity index is 1220. The molecule has 0 saturated heterocycles. The van der Waals surface area contributed by atoms with Crippen molar-refractivity contribution in [1.82, 2.24) is 10.2 Å². The number of nitrogens with one attached hydrogen (secondary N) is 2. The fourth-order valence-electron chi connectivity index (χ4n) is 4.35. The lowest BCUT2D eigenvalue weighted by atomic mass is 9.84. The Morgan fingerprint density at radius 2 is 1.86 bits per heavy atom. The first-order chi connectivity index (χ1) is 16.9. The van der Waals surface area contributed by atoms with E-state index >= 15 is 0 Å². The highest BCUT2D eigenvalue weighted by molar-refractivity contribution is 8.93. The van der Waals surface area contributed by atoms with E-state index in [9.17, 15) is 19.5 Å². The topological polar surface area (TPSA) is 123 Å². The van der Waals surface area contributed by atoms with Crippen molar-refractivity contribution in [3.63, 3.8) is 0 Å². The molecule has 0 atom stereocenters. The van der Waals surface area contributed by atoms with Crippen LogP contribution in [0.2, 0.25) is 0 Å². The van der Waals surface area contributed by atoms with Gasteiger partial charge in [-0.3, -0.25) is 19.8 Å². The summed E-state index contributed by atoms with van der Waals surface area (Å²) >= 11 is 0. The number of fused-ring (bicyclic) bond motifs is 1. The smallest absolute Gasteiger partial charge is 0.323 e. The molecule has 0 fully saturated rings. The van der Waals surface area contributed by atoms with Crippen LogP contribution in [0.25, 0.3) is 0 Å². The van der Waals surface area contributed by atoms with Crippen molar-refractivity contribution in [2.24, 2.45) is 0 Å². The van der Waals surface area contributed by atoms with Crippen LogP contribution in [0.4, 0.5) is 5.69 Å². The predicted octanol–water partition coefficient (Wildman–Crippen LogP) is 3.86. The van der Waals surface area contributed by atoms with Crippen molar-refractivity contribution < 1.29 is 24.2 Å². The van der Waals surface area contributed by atoms with Gasteiger partial charge < -0.3 is 25.0 Å². The highest BCUT2D eigenvalue weighted by atomic mass is 79.9. The summed E-state index contributed by atoms with van der Waals surface area (Å²) in [7, 11) is 3.25. The Morgan fingerprint density at radius 1 is 1.19 bits per heavy atom. The minimum Gasteiger partial charge on any atom is -0.493 e. The molecule has 3 rings (SSSR count). The second kappa shape index (κ2) is 11.8. The van der Waals surface area contributed by atoms with Crippen molar-refractivity contribution >= 4 is 46.2 Å². The van der Waals surface area contributed by atoms with E-state index in [-0.39, 0.29) is 53.0 Å². The molecule has 1 amide bonds. The molecule has 0 saturated carbocycles. The Hall–Kier alpha value is -3.40. The normalized spacial score (nSPS) is 12.5. The number of benzene rings is 2. The van der Waals surface area contributed by atoms with E-state index in [1.807, 2.05) is 33.8 Å². The van der Waals surface area contributed by atoms with Gasteiger partial charge in [0.2, 0.25) is 0 Å². The predicted molar refractivity (Wildman–Crippen MR) is 149 cm³/mol. The SMILES string of the molecule is Br.CCOc1cc2c(cc1C(=O)NC)C(=N)N(CC(=O)c1ccc(N(C)CC(=O)O)c(C(C)(C)C)c1)C2. The highest BCUT2D eigenvalue weighted by Gasteiger charge is 2.30. The van der Waals surface area contributed by atoms with Gasteiger partial charge in [0.15, 0.2) is 5.78 Å². The minimum absolute atomic E-state index is 0. The van der Waals surface area contributed by atoms with Crippen LogP contribution in [-0.2, 0) is 16.8 Å². The van der Waals surface area contributed by atoms with Gasteiger partial charge in [0.1, 0.15) is 18.1 Å². The fraction of sp³-hybridized carbons (Fsp3) is 0.407. The molecule has 1 aliphatic heterocycles. The van der Waals surface area contributed by atoms with E-state index in [1.165, 1.54) is 7.05 Å². The molecule has 0 unspecified atom stereocenters. The molecule has 2 aromatic carbocycles. The maximum Gasteiger partial charge on any atom is 0.323 e. The quantitative estimate of drug-likeness (QED) is 0.388. The summed E-state index contributed by atoms with van der Waals surface area (Å²) in [6, 6.07) is 8.73. The van der Waals surface area contributed by atoms with Gasteiger partial charge in [-0.1, -0.05) is 20.8 Å². The van der Waals surface area contributed by atoms with Crippen LogP contribution in [0.5, 0.6) is 5.75 Å². The van der Waals surface area contributed by atoms with Crippen LogP contribution in [0.15, 0.2) is 30.3 Å². The first-order valence-corrected chi connectivity index (χ1v) is 11.8. The number of ketones is 1. The van der Waals surface area contributed by atoms with E-state index in [4.69, 9.17) is 10.1 Å². The number of amidine groups is 1. The third kappa shape index (κ3) is 6.49. The number of nitrogens with zero attached hydrogens (tertiary/aromatic N) is 2. The van der Waals surface area contributed by atoms with Gasteiger partial charge in [0.25, 0.3) is 5.91 Å². The van der Waals surface area contributed by atoms with E-state index < -0.39 is 5.97 Å². The third-order valence-electron chi connectivity index (χ3n) is 6.15. The molecule has 0 spiro atoms. The Balaban J connectivity index is 0.00000481. The molecule has 0 aliphatic carbocycles. The van der Waals surface area contributed by atoms with Crippen LogP contribution in [0.1, 0.15) is 65.1 Å². The maximum atomic E-state index is 13.3. The third-order valence-corrected chi connectivity index (χ3v) is 6.15. The Morgan fingerprint density at radius 3 is 2.43 bits per heavy atom. The summed E-state index contributed by atoms with van der Waals surface area (Å²) < 4.78 is 5.65. The van der Waals surface area contributed by atoms with Crippen molar-refractivity contribution in [2.45, 2.75) is 39.7 Å². The molecule has 37 heavy (non-hydrogen) atoms. The average molecular weight is 576 g/mol. The van der Waals surface area contributed by atoms with Crippen molar-refractivity contribution in [1.29, 1.82) is 5.41 Å². The summed E-state index contributed by atoms with van der Waals surface area (Å²) in [6.45, 7) is 8.49. The molecule has 0 radical (unpaired) electrons. The number of hydrogen-bond donors (Lipinski definition) is 3.